The van der Waals surface area contributed by atoms with E-state index in [1.807, 2.05) is 29.2 Å². The molecule has 1 atom stereocenters. The van der Waals surface area contributed by atoms with Crippen LogP contribution in [0.25, 0.3) is 0 Å². The summed E-state index contributed by atoms with van der Waals surface area (Å²) in [4.78, 5) is 17.1. The van der Waals surface area contributed by atoms with E-state index >= 15 is 0 Å². The summed E-state index contributed by atoms with van der Waals surface area (Å²) in [5.41, 5.74) is 1.28. The van der Waals surface area contributed by atoms with Crippen molar-refractivity contribution in [3.8, 4) is 0 Å². The maximum absolute atomic E-state index is 12.9. The number of amides is 1. The van der Waals surface area contributed by atoms with Gasteiger partial charge in [-0.1, -0.05) is 32.9 Å². The lowest BCUT2D eigenvalue weighted by atomic mass is 9.86. The van der Waals surface area contributed by atoms with Gasteiger partial charge >= 0.3 is 0 Å². The highest BCUT2D eigenvalue weighted by molar-refractivity contribution is 5.94. The molecule has 1 unspecified atom stereocenters. The molecule has 4 nitrogen and oxygen atoms in total. The number of carbonyl (C=O) groups is 1. The van der Waals surface area contributed by atoms with E-state index in [0.29, 0.717) is 13.1 Å². The molecule has 0 bridgehead atoms. The summed E-state index contributed by atoms with van der Waals surface area (Å²) < 4.78 is 0. The molecule has 2 heterocycles. The molecule has 4 heteroatoms. The van der Waals surface area contributed by atoms with Crippen LogP contribution in [0.3, 0.4) is 0 Å². The van der Waals surface area contributed by atoms with Gasteiger partial charge in [-0.05, 0) is 61.9 Å². The molecule has 0 spiro atoms. The van der Waals surface area contributed by atoms with Crippen LogP contribution in [0, 0.1) is 0 Å². The fourth-order valence-corrected chi connectivity index (χ4v) is 4.07. The van der Waals surface area contributed by atoms with Gasteiger partial charge in [-0.2, -0.15) is 0 Å². The molecule has 0 radical (unpaired) electrons. The van der Waals surface area contributed by atoms with Crippen molar-refractivity contribution < 1.29 is 9.90 Å². The highest BCUT2D eigenvalue weighted by Gasteiger charge is 2.37. The number of benzene rings is 1. The van der Waals surface area contributed by atoms with E-state index in [1.165, 1.54) is 18.4 Å². The van der Waals surface area contributed by atoms with Gasteiger partial charge in [0, 0.05) is 18.7 Å². The van der Waals surface area contributed by atoms with Gasteiger partial charge in [0.1, 0.15) is 0 Å². The molecular weight excluding hydrogens is 312 g/mol. The quantitative estimate of drug-likeness (QED) is 0.916. The summed E-state index contributed by atoms with van der Waals surface area (Å²) in [5.74, 6) is 0.0417. The first-order chi connectivity index (χ1) is 11.8. The number of likely N-dealkylation sites (tertiary alicyclic amines) is 2. The molecule has 2 fully saturated rings. The Morgan fingerprint density at radius 1 is 1.08 bits per heavy atom. The summed E-state index contributed by atoms with van der Waals surface area (Å²) in [6.07, 6.45) is 4.10. The Hall–Kier alpha value is -1.39. The molecule has 0 aliphatic carbocycles. The zero-order valence-electron chi connectivity index (χ0n) is 15.9. The van der Waals surface area contributed by atoms with Crippen LogP contribution in [0.1, 0.15) is 62.4 Å². The van der Waals surface area contributed by atoms with Crippen LogP contribution in [0.4, 0.5) is 0 Å². The van der Waals surface area contributed by atoms with Gasteiger partial charge in [0.05, 0.1) is 12.1 Å². The SMILES string of the molecule is CC(C)(C)c1ccc(C(=O)N2CCCC(O)(CN3CCCC3)C2)cc1. The molecule has 1 aromatic rings. The largest absolute Gasteiger partial charge is 0.387 e. The molecule has 0 saturated carbocycles. The van der Waals surface area contributed by atoms with Gasteiger partial charge in [0.15, 0.2) is 0 Å². The molecule has 1 amide bonds. The molecule has 3 rings (SSSR count). The van der Waals surface area contributed by atoms with Crippen LogP contribution in [0.15, 0.2) is 24.3 Å². The third kappa shape index (κ3) is 4.42. The van der Waals surface area contributed by atoms with Crippen molar-refractivity contribution in [2.45, 2.75) is 57.5 Å². The second kappa shape index (κ2) is 7.08. The van der Waals surface area contributed by atoms with Crippen LogP contribution < -0.4 is 0 Å². The maximum Gasteiger partial charge on any atom is 0.253 e. The van der Waals surface area contributed by atoms with Crippen LogP contribution >= 0.6 is 0 Å². The number of β-amino-alcohol motifs (C(OH)–C–C–N with tert-alkyl or cyclic N) is 1. The molecule has 1 aromatic carbocycles. The number of aliphatic hydroxyl groups is 1. The molecule has 1 N–H and O–H groups in total. The van der Waals surface area contributed by atoms with Crippen molar-refractivity contribution in [2.75, 3.05) is 32.7 Å². The predicted octanol–water partition coefficient (Wildman–Crippen LogP) is 3.05. The molecule has 138 valence electrons. The zero-order chi connectivity index (χ0) is 18.1. The van der Waals surface area contributed by atoms with Crippen molar-refractivity contribution in [3.63, 3.8) is 0 Å². The molecular formula is C21H32N2O2. The topological polar surface area (TPSA) is 43.8 Å². The highest BCUT2D eigenvalue weighted by Crippen LogP contribution is 2.26. The fraction of sp³-hybridized carbons (Fsp3) is 0.667. The van der Waals surface area contributed by atoms with E-state index in [1.54, 1.807) is 0 Å². The fourth-order valence-electron chi connectivity index (χ4n) is 4.07. The van der Waals surface area contributed by atoms with E-state index in [-0.39, 0.29) is 11.3 Å². The Kier molecular flexibility index (Phi) is 5.21. The predicted molar refractivity (Wildman–Crippen MR) is 101 cm³/mol. The van der Waals surface area contributed by atoms with Crippen LogP contribution in [0.2, 0.25) is 0 Å². The second-order valence-corrected chi connectivity index (χ2v) is 8.87. The second-order valence-electron chi connectivity index (χ2n) is 8.87. The van der Waals surface area contributed by atoms with Gasteiger partial charge in [-0.3, -0.25) is 4.79 Å². The number of carbonyl (C=O) groups excluding carboxylic acids is 1. The third-order valence-corrected chi connectivity index (χ3v) is 5.56. The normalized spacial score (nSPS) is 25.4. The van der Waals surface area contributed by atoms with Crippen LogP contribution in [-0.4, -0.2) is 59.1 Å². The first-order valence-corrected chi connectivity index (χ1v) is 9.61. The van der Waals surface area contributed by atoms with Crippen LogP contribution in [0.5, 0.6) is 0 Å². The van der Waals surface area contributed by atoms with Crippen molar-refractivity contribution >= 4 is 5.91 Å². The lowest BCUT2D eigenvalue weighted by Gasteiger charge is -2.41. The highest BCUT2D eigenvalue weighted by atomic mass is 16.3. The van der Waals surface area contributed by atoms with Gasteiger partial charge in [-0.25, -0.2) is 0 Å². The number of nitrogens with zero attached hydrogens (tertiary/aromatic N) is 2. The minimum atomic E-state index is -0.760. The average molecular weight is 344 g/mol. The minimum Gasteiger partial charge on any atom is -0.387 e. The molecule has 2 saturated heterocycles. The Labute approximate surface area is 151 Å². The Bertz CT molecular complexity index is 599. The first kappa shape index (κ1) is 18.4. The summed E-state index contributed by atoms with van der Waals surface area (Å²) in [6, 6.07) is 7.95. The lowest BCUT2D eigenvalue weighted by molar-refractivity contribution is -0.0431. The minimum absolute atomic E-state index is 0.0417. The number of rotatable bonds is 3. The molecule has 0 aromatic heterocycles. The zero-order valence-corrected chi connectivity index (χ0v) is 15.9. The van der Waals surface area contributed by atoms with E-state index < -0.39 is 5.60 Å². The van der Waals surface area contributed by atoms with E-state index in [4.69, 9.17) is 0 Å². The van der Waals surface area contributed by atoms with E-state index in [9.17, 15) is 9.90 Å². The standard InChI is InChI=1S/C21H32N2O2/c1-20(2,3)18-9-7-17(8-10-18)19(24)23-14-6-11-21(25,16-23)15-22-12-4-5-13-22/h7-10,25H,4-6,11-16H2,1-3H3. The Balaban J connectivity index is 1.67. The lowest BCUT2D eigenvalue weighted by Crippen LogP contribution is -2.55. The molecule has 2 aliphatic heterocycles. The summed E-state index contributed by atoms with van der Waals surface area (Å²) in [5, 5.41) is 11.0. The van der Waals surface area contributed by atoms with E-state index in [2.05, 4.69) is 25.7 Å². The van der Waals surface area contributed by atoms with Crippen molar-refractivity contribution in [2.24, 2.45) is 0 Å². The van der Waals surface area contributed by atoms with Gasteiger partial charge in [0.2, 0.25) is 0 Å². The third-order valence-electron chi connectivity index (χ3n) is 5.56. The first-order valence-electron chi connectivity index (χ1n) is 9.61. The van der Waals surface area contributed by atoms with E-state index in [0.717, 1.165) is 38.0 Å². The van der Waals surface area contributed by atoms with Gasteiger partial charge < -0.3 is 14.9 Å². The number of hydrogen-bond acceptors (Lipinski definition) is 3. The molecule has 2 aliphatic rings. The summed E-state index contributed by atoms with van der Waals surface area (Å²) >= 11 is 0. The van der Waals surface area contributed by atoms with Crippen LogP contribution in [-0.2, 0) is 5.41 Å². The van der Waals surface area contributed by atoms with Gasteiger partial charge in [-0.15, -0.1) is 0 Å². The van der Waals surface area contributed by atoms with Gasteiger partial charge in [0.25, 0.3) is 5.91 Å². The van der Waals surface area contributed by atoms with Crippen molar-refractivity contribution in [1.82, 2.24) is 9.80 Å². The summed E-state index contributed by atoms with van der Waals surface area (Å²) in [7, 11) is 0. The number of piperidine rings is 1. The smallest absolute Gasteiger partial charge is 0.253 e. The molecule has 25 heavy (non-hydrogen) atoms. The maximum atomic E-state index is 12.9. The Morgan fingerprint density at radius 2 is 1.72 bits per heavy atom. The van der Waals surface area contributed by atoms with Crippen molar-refractivity contribution in [3.05, 3.63) is 35.4 Å². The average Bonchev–Trinajstić information content (AvgIpc) is 3.05. The monoisotopic (exact) mass is 344 g/mol. The summed E-state index contributed by atoms with van der Waals surface area (Å²) in [6.45, 7) is 10.5. The van der Waals surface area contributed by atoms with Crippen molar-refractivity contribution in [1.29, 1.82) is 0 Å². The Morgan fingerprint density at radius 3 is 2.32 bits per heavy atom. The number of hydrogen-bond donors (Lipinski definition) is 1.